The van der Waals surface area contributed by atoms with Crippen molar-refractivity contribution in [2.24, 2.45) is 0 Å². The van der Waals surface area contributed by atoms with Crippen LogP contribution >= 0.6 is 35.0 Å². The fraction of sp³-hybridized carbons (Fsp3) is 0.333. The van der Waals surface area contributed by atoms with E-state index in [-0.39, 0.29) is 6.10 Å². The van der Waals surface area contributed by atoms with Gasteiger partial charge >= 0.3 is 0 Å². The van der Waals surface area contributed by atoms with Crippen LogP contribution < -0.4 is 0 Å². The molecule has 0 N–H and O–H groups in total. The molecule has 6 heteroatoms. The maximum Gasteiger partial charge on any atom is 0.161 e. The largest absolute Gasteiger partial charge is 0.368 e. The molecule has 1 saturated heterocycles. The van der Waals surface area contributed by atoms with E-state index in [0.29, 0.717) is 28.3 Å². The summed E-state index contributed by atoms with van der Waals surface area (Å²) in [6.07, 6.45) is -0.134. The summed E-state index contributed by atoms with van der Waals surface area (Å²) in [5, 5.41) is 0.740. The van der Waals surface area contributed by atoms with E-state index < -0.39 is 0 Å². The first kappa shape index (κ1) is 15.1. The summed E-state index contributed by atoms with van der Waals surface area (Å²) in [6.45, 7) is 2.72. The highest BCUT2D eigenvalue weighted by molar-refractivity contribution is 7.99. The highest BCUT2D eigenvalue weighted by Gasteiger charge is 2.22. The van der Waals surface area contributed by atoms with Crippen molar-refractivity contribution < 1.29 is 4.74 Å². The number of aryl methyl sites for hydroxylation is 1. The summed E-state index contributed by atoms with van der Waals surface area (Å²) in [5.74, 6) is 2.39. The molecule has 0 saturated carbocycles. The molecular weight excluding hydrogens is 327 g/mol. The monoisotopic (exact) mass is 340 g/mol. The van der Waals surface area contributed by atoms with Crippen molar-refractivity contribution in [3.63, 3.8) is 0 Å². The fourth-order valence-electron chi connectivity index (χ4n) is 2.24. The van der Waals surface area contributed by atoms with Crippen molar-refractivity contribution in [1.82, 2.24) is 9.97 Å². The molecule has 1 unspecified atom stereocenters. The predicted molar refractivity (Wildman–Crippen MR) is 88.2 cm³/mol. The molecule has 3 rings (SSSR count). The van der Waals surface area contributed by atoms with E-state index >= 15 is 0 Å². The quantitative estimate of drug-likeness (QED) is 0.750. The Labute approximate surface area is 138 Å². The second-order valence-electron chi connectivity index (χ2n) is 4.84. The Hall–Kier alpha value is -0.810. The molecule has 21 heavy (non-hydrogen) atoms. The van der Waals surface area contributed by atoms with E-state index in [0.717, 1.165) is 22.6 Å². The molecule has 1 fully saturated rings. The molecule has 1 atom stereocenters. The zero-order valence-corrected chi connectivity index (χ0v) is 13.8. The van der Waals surface area contributed by atoms with Gasteiger partial charge in [-0.1, -0.05) is 53.0 Å². The van der Waals surface area contributed by atoms with Gasteiger partial charge in [-0.15, -0.1) is 0 Å². The summed E-state index contributed by atoms with van der Waals surface area (Å²) in [5.41, 5.74) is 2.74. The Morgan fingerprint density at radius 2 is 2.00 bits per heavy atom. The Morgan fingerprint density at radius 3 is 2.62 bits per heavy atom. The molecule has 0 radical (unpaired) electrons. The highest BCUT2D eigenvalue weighted by atomic mass is 35.5. The Kier molecular flexibility index (Phi) is 4.69. The molecule has 0 aliphatic carbocycles. The third-order valence-electron chi connectivity index (χ3n) is 3.25. The number of benzene rings is 1. The van der Waals surface area contributed by atoms with E-state index in [9.17, 15) is 0 Å². The van der Waals surface area contributed by atoms with Crippen LogP contribution in [-0.4, -0.2) is 28.1 Å². The second kappa shape index (κ2) is 6.53. The van der Waals surface area contributed by atoms with Gasteiger partial charge in [-0.25, -0.2) is 9.97 Å². The second-order valence-corrected chi connectivity index (χ2v) is 6.71. The third kappa shape index (κ3) is 3.34. The zero-order valence-electron chi connectivity index (χ0n) is 11.5. The first-order valence-corrected chi connectivity index (χ1v) is 8.55. The van der Waals surface area contributed by atoms with E-state index in [4.69, 9.17) is 27.9 Å². The van der Waals surface area contributed by atoms with Crippen molar-refractivity contribution in [3.8, 4) is 11.1 Å². The first-order chi connectivity index (χ1) is 10.1. The van der Waals surface area contributed by atoms with Gasteiger partial charge in [0.05, 0.1) is 12.2 Å². The van der Waals surface area contributed by atoms with Gasteiger partial charge in [-0.3, -0.25) is 0 Å². The van der Waals surface area contributed by atoms with Gasteiger partial charge in [0.2, 0.25) is 0 Å². The summed E-state index contributed by atoms with van der Waals surface area (Å²) in [6, 6.07) is 7.96. The van der Waals surface area contributed by atoms with Gasteiger partial charge in [0.15, 0.2) is 5.82 Å². The predicted octanol–water partition coefficient (Wildman–Crippen LogP) is 4.56. The van der Waals surface area contributed by atoms with Crippen molar-refractivity contribution >= 4 is 35.0 Å². The number of nitrogens with zero attached hydrogens (tertiary/aromatic N) is 2. The Bertz CT molecular complexity index is 637. The molecule has 0 spiro atoms. The molecule has 1 aromatic heterocycles. The lowest BCUT2D eigenvalue weighted by Gasteiger charge is -2.21. The van der Waals surface area contributed by atoms with Gasteiger partial charge in [-0.05, 0) is 12.5 Å². The molecular formula is C15H14Cl2N2OS. The number of hydrogen-bond acceptors (Lipinski definition) is 4. The minimum absolute atomic E-state index is 0.134. The van der Waals surface area contributed by atoms with Gasteiger partial charge in [0, 0.05) is 11.5 Å². The molecule has 2 heterocycles. The van der Waals surface area contributed by atoms with Crippen LogP contribution in [0.1, 0.15) is 17.5 Å². The molecule has 0 amide bonds. The minimum Gasteiger partial charge on any atom is -0.368 e. The smallest absolute Gasteiger partial charge is 0.161 e. The van der Waals surface area contributed by atoms with Crippen molar-refractivity contribution in [2.75, 3.05) is 18.1 Å². The van der Waals surface area contributed by atoms with E-state index in [1.807, 2.05) is 43.0 Å². The molecule has 1 aliphatic heterocycles. The third-order valence-corrected chi connectivity index (χ3v) is 4.79. The van der Waals surface area contributed by atoms with Crippen LogP contribution in [0.4, 0.5) is 0 Å². The minimum atomic E-state index is -0.134. The topological polar surface area (TPSA) is 35.0 Å². The summed E-state index contributed by atoms with van der Waals surface area (Å²) in [4.78, 5) is 8.79. The molecule has 0 bridgehead atoms. The maximum atomic E-state index is 6.34. The van der Waals surface area contributed by atoms with Crippen LogP contribution in [0.3, 0.4) is 0 Å². The SMILES string of the molecule is Cc1cccc(-c2c(Cl)nc(C3CSCCO3)nc2Cl)c1. The van der Waals surface area contributed by atoms with E-state index in [2.05, 4.69) is 9.97 Å². The number of rotatable bonds is 2. The fourth-order valence-corrected chi connectivity index (χ4v) is 3.70. The average molecular weight is 341 g/mol. The highest BCUT2D eigenvalue weighted by Crippen LogP contribution is 2.35. The van der Waals surface area contributed by atoms with E-state index in [1.54, 1.807) is 0 Å². The molecule has 3 nitrogen and oxygen atoms in total. The molecule has 2 aromatic rings. The average Bonchev–Trinajstić information content (AvgIpc) is 2.47. The first-order valence-electron chi connectivity index (χ1n) is 6.64. The normalized spacial score (nSPS) is 18.7. The Morgan fingerprint density at radius 1 is 1.24 bits per heavy atom. The summed E-state index contributed by atoms with van der Waals surface area (Å²) < 4.78 is 5.68. The van der Waals surface area contributed by atoms with Crippen LogP contribution in [0, 0.1) is 6.92 Å². The molecule has 110 valence electrons. The van der Waals surface area contributed by atoms with Gasteiger partial charge < -0.3 is 4.74 Å². The van der Waals surface area contributed by atoms with Gasteiger partial charge in [0.25, 0.3) is 0 Å². The van der Waals surface area contributed by atoms with Gasteiger partial charge in [-0.2, -0.15) is 11.8 Å². The van der Waals surface area contributed by atoms with Crippen LogP contribution in [0.5, 0.6) is 0 Å². The van der Waals surface area contributed by atoms with Crippen molar-refractivity contribution in [3.05, 3.63) is 46.0 Å². The molecule has 1 aliphatic rings. The lowest BCUT2D eigenvalue weighted by molar-refractivity contribution is 0.0694. The summed E-state index contributed by atoms with van der Waals surface area (Å²) >= 11 is 14.5. The van der Waals surface area contributed by atoms with Crippen LogP contribution in [-0.2, 0) is 4.74 Å². The number of aromatic nitrogens is 2. The standard InChI is InChI=1S/C15H14Cl2N2OS/c1-9-3-2-4-10(7-9)12-13(16)18-15(19-14(12)17)11-8-21-6-5-20-11/h2-4,7,11H,5-6,8H2,1H3. The number of thioether (sulfide) groups is 1. The number of hydrogen-bond donors (Lipinski definition) is 0. The number of halogens is 2. The summed E-state index contributed by atoms with van der Waals surface area (Å²) in [7, 11) is 0. The van der Waals surface area contributed by atoms with Crippen molar-refractivity contribution in [2.45, 2.75) is 13.0 Å². The maximum absolute atomic E-state index is 6.34. The number of ether oxygens (including phenoxy) is 1. The molecule has 1 aromatic carbocycles. The van der Waals surface area contributed by atoms with Gasteiger partial charge in [0.1, 0.15) is 16.4 Å². The van der Waals surface area contributed by atoms with E-state index in [1.165, 1.54) is 0 Å². The van der Waals surface area contributed by atoms with Crippen LogP contribution in [0.15, 0.2) is 24.3 Å². The van der Waals surface area contributed by atoms with Crippen LogP contribution in [0.2, 0.25) is 10.3 Å². The Balaban J connectivity index is 2.00. The van der Waals surface area contributed by atoms with Crippen molar-refractivity contribution in [1.29, 1.82) is 0 Å². The lowest BCUT2D eigenvalue weighted by Crippen LogP contribution is -2.18. The van der Waals surface area contributed by atoms with Crippen LogP contribution in [0.25, 0.3) is 11.1 Å². The zero-order chi connectivity index (χ0) is 14.8. The lowest BCUT2D eigenvalue weighted by atomic mass is 10.1.